The number of piperidine rings is 3. The molecule has 0 aromatic heterocycles. The van der Waals surface area contributed by atoms with E-state index in [1.54, 1.807) is 6.92 Å². The van der Waals surface area contributed by atoms with Gasteiger partial charge < -0.3 is 14.8 Å². The van der Waals surface area contributed by atoms with Crippen LogP contribution in [0, 0.1) is 11.8 Å². The van der Waals surface area contributed by atoms with Gasteiger partial charge in [-0.2, -0.15) is 4.31 Å². The molecule has 0 spiro atoms. The molecular formula is C35H43Cl3N2O10S2. The number of hydrogen-bond donors (Lipinski definition) is 1. The van der Waals surface area contributed by atoms with E-state index in [1.165, 1.54) is 52.8 Å². The molecule has 12 nitrogen and oxygen atoms in total. The summed E-state index contributed by atoms with van der Waals surface area (Å²) in [6.45, 7) is 4.29. The number of halogens is 3. The molecule has 4 heterocycles. The van der Waals surface area contributed by atoms with Crippen molar-refractivity contribution in [2.24, 2.45) is 11.8 Å². The van der Waals surface area contributed by atoms with Crippen molar-refractivity contribution < 1.29 is 45.5 Å². The van der Waals surface area contributed by atoms with E-state index < -0.39 is 31.2 Å². The van der Waals surface area contributed by atoms with Crippen LogP contribution in [0.1, 0.15) is 71.6 Å². The Hall–Kier alpha value is -2.59. The van der Waals surface area contributed by atoms with Gasteiger partial charge >= 0.3 is 11.9 Å². The molecule has 5 unspecified atom stereocenters. The maximum atomic E-state index is 13.1. The van der Waals surface area contributed by atoms with Gasteiger partial charge in [-0.05, 0) is 94.5 Å². The van der Waals surface area contributed by atoms with Gasteiger partial charge in [-0.15, -0.1) is 0 Å². The Balaban J connectivity index is 0.000000191. The van der Waals surface area contributed by atoms with E-state index >= 15 is 0 Å². The highest BCUT2D eigenvalue weighted by molar-refractivity contribution is 8.13. The molecule has 2 aromatic rings. The van der Waals surface area contributed by atoms with Gasteiger partial charge in [0.25, 0.3) is 9.05 Å². The fourth-order valence-electron chi connectivity index (χ4n) is 7.14. The number of hydrogen-bond acceptors (Lipinski definition) is 11. The van der Waals surface area contributed by atoms with Gasteiger partial charge in [0.15, 0.2) is 0 Å². The van der Waals surface area contributed by atoms with Crippen LogP contribution in [-0.2, 0) is 47.7 Å². The van der Waals surface area contributed by atoms with E-state index in [1.807, 2.05) is 6.92 Å². The van der Waals surface area contributed by atoms with Gasteiger partial charge in [0.2, 0.25) is 10.0 Å². The average Bonchev–Trinajstić information content (AvgIpc) is 3.22. The highest BCUT2D eigenvalue weighted by atomic mass is 35.7. The molecule has 4 saturated heterocycles. The zero-order valence-corrected chi connectivity index (χ0v) is 32.7. The second-order valence-corrected chi connectivity index (χ2v) is 18.4. The summed E-state index contributed by atoms with van der Waals surface area (Å²) < 4.78 is 59.1. The lowest BCUT2D eigenvalue weighted by molar-refractivity contribution is -0.152. The fourth-order valence-corrected chi connectivity index (χ4v) is 10.00. The summed E-state index contributed by atoms with van der Waals surface area (Å²) in [5.41, 5.74) is 0. The van der Waals surface area contributed by atoms with E-state index in [9.17, 15) is 36.0 Å². The number of Topliss-reactive ketones (excluding diaryl/α,β-unsaturated/α-hetero) is 2. The van der Waals surface area contributed by atoms with Crippen LogP contribution in [0.2, 0.25) is 10.0 Å². The summed E-state index contributed by atoms with van der Waals surface area (Å²) in [5, 5.41) is 4.38. The topological polar surface area (TPSA) is 170 Å². The molecule has 0 radical (unpaired) electrons. The van der Waals surface area contributed by atoms with E-state index in [4.69, 9.17) is 43.4 Å². The molecule has 6 rings (SSSR count). The molecule has 5 atom stereocenters. The van der Waals surface area contributed by atoms with Crippen molar-refractivity contribution in [2.75, 3.05) is 13.2 Å². The van der Waals surface area contributed by atoms with Crippen LogP contribution >= 0.6 is 33.9 Å². The molecule has 4 fully saturated rings. The lowest BCUT2D eigenvalue weighted by atomic mass is 9.80. The number of rotatable bonds is 7. The molecular weight excluding hydrogens is 779 g/mol. The van der Waals surface area contributed by atoms with E-state index in [0.29, 0.717) is 48.1 Å². The molecule has 0 saturated carbocycles. The summed E-state index contributed by atoms with van der Waals surface area (Å²) in [4.78, 5) is 47.4. The van der Waals surface area contributed by atoms with E-state index in [0.717, 1.165) is 19.3 Å². The minimum atomic E-state index is -3.75. The number of carbonyl (C=O) groups is 4. The second kappa shape index (κ2) is 18.6. The van der Waals surface area contributed by atoms with E-state index in [-0.39, 0.29) is 70.9 Å². The maximum absolute atomic E-state index is 13.1. The fraction of sp³-hybridized carbons (Fsp3) is 0.543. The highest BCUT2D eigenvalue weighted by Gasteiger charge is 2.49. The monoisotopic (exact) mass is 820 g/mol. The van der Waals surface area contributed by atoms with Gasteiger partial charge in [0, 0.05) is 70.6 Å². The molecule has 286 valence electrons. The molecule has 0 amide bonds. The number of sulfonamides is 1. The van der Waals surface area contributed by atoms with Crippen molar-refractivity contribution in [3.63, 3.8) is 0 Å². The van der Waals surface area contributed by atoms with Crippen LogP contribution in [0.3, 0.4) is 0 Å². The van der Waals surface area contributed by atoms with Gasteiger partial charge in [-0.25, -0.2) is 16.8 Å². The summed E-state index contributed by atoms with van der Waals surface area (Å²) in [5.74, 6) is -0.411. The highest BCUT2D eigenvalue weighted by Crippen LogP contribution is 2.40. The van der Waals surface area contributed by atoms with Gasteiger partial charge in [-0.3, -0.25) is 19.2 Å². The third kappa shape index (κ3) is 11.5. The Morgan fingerprint density at radius 1 is 0.692 bits per heavy atom. The number of esters is 2. The zero-order chi connectivity index (χ0) is 38.2. The summed E-state index contributed by atoms with van der Waals surface area (Å²) in [6.07, 6.45) is 4.62. The molecule has 2 aromatic carbocycles. The number of ether oxygens (including phenoxy) is 2. The molecule has 0 aliphatic carbocycles. The standard InChI is InChI=1S/C17H20ClNO5S.C12H19NO3.C6H4Cl2O2S/c1-2-24-17(21)11-7-13-9-15(20)10-14(8-11)19(13)25(22,23)16-5-3-12(18)4-6-16;1-2-16-12(15)8-3-4-9-6-11(14)7-10(5-8)13-9;7-5-1-3-6(4-2-5)11(8,9)10/h3-6,11,13-14H,2,7-10H2,1H3;8-10,13H,2-7H2,1H3;1-4H. The van der Waals surface area contributed by atoms with Crippen LogP contribution in [0.4, 0.5) is 0 Å². The Morgan fingerprint density at radius 3 is 1.65 bits per heavy atom. The third-order valence-corrected chi connectivity index (χ3v) is 13.2. The quantitative estimate of drug-likeness (QED) is 0.268. The molecule has 17 heteroatoms. The predicted octanol–water partition coefficient (Wildman–Crippen LogP) is 5.71. The van der Waals surface area contributed by atoms with Crippen molar-refractivity contribution in [2.45, 2.75) is 106 Å². The van der Waals surface area contributed by atoms with Crippen molar-refractivity contribution in [1.82, 2.24) is 9.62 Å². The van der Waals surface area contributed by atoms with Gasteiger partial charge in [0.05, 0.1) is 34.8 Å². The number of nitrogens with zero attached hydrogens (tertiary/aromatic N) is 1. The Bertz CT molecular complexity index is 1790. The summed E-state index contributed by atoms with van der Waals surface area (Å²) in [7, 11) is -2.32. The smallest absolute Gasteiger partial charge is 0.309 e. The number of nitrogens with one attached hydrogen (secondary N) is 1. The minimum absolute atomic E-state index is 0.0200. The van der Waals surface area contributed by atoms with Crippen LogP contribution in [0.25, 0.3) is 0 Å². The Morgan fingerprint density at radius 2 is 1.15 bits per heavy atom. The molecule has 4 bridgehead atoms. The first-order valence-electron chi connectivity index (χ1n) is 17.1. The lowest BCUT2D eigenvalue weighted by Crippen LogP contribution is -2.57. The molecule has 1 N–H and O–H groups in total. The second-order valence-electron chi connectivity index (χ2n) is 13.1. The minimum Gasteiger partial charge on any atom is -0.466 e. The summed E-state index contributed by atoms with van der Waals surface area (Å²) in [6, 6.07) is 11.1. The molecule has 4 aliphatic rings. The SMILES string of the molecule is CCOC(=O)C1CC2CC(=O)CC(C1)N2S(=O)(=O)c1ccc(Cl)cc1.CCOC(=O)C1CCC2CC(=O)CC(C1)N2.O=S(=O)(Cl)c1ccc(Cl)cc1. The Labute approximate surface area is 319 Å². The third-order valence-electron chi connectivity index (χ3n) is 9.34. The lowest BCUT2D eigenvalue weighted by Gasteiger charge is -2.46. The van der Waals surface area contributed by atoms with Gasteiger partial charge in [-0.1, -0.05) is 23.2 Å². The predicted molar refractivity (Wildman–Crippen MR) is 195 cm³/mol. The van der Waals surface area contributed by atoms with Gasteiger partial charge in [0.1, 0.15) is 11.6 Å². The maximum Gasteiger partial charge on any atom is 0.309 e. The Kier molecular flexibility index (Phi) is 15.1. The normalized spacial score (nSPS) is 26.0. The van der Waals surface area contributed by atoms with E-state index in [2.05, 4.69) is 5.32 Å². The average molecular weight is 822 g/mol. The number of benzene rings is 2. The van der Waals surface area contributed by atoms with Crippen LogP contribution in [0.15, 0.2) is 58.3 Å². The first kappa shape index (κ1) is 42.2. The number of carbonyl (C=O) groups excluding carboxylic acids is 4. The van der Waals surface area contributed by atoms with Crippen molar-refractivity contribution >= 4 is 76.5 Å². The first-order valence-corrected chi connectivity index (χ1v) is 21.6. The van der Waals surface area contributed by atoms with Crippen LogP contribution < -0.4 is 5.32 Å². The largest absolute Gasteiger partial charge is 0.466 e. The number of ketones is 2. The first-order chi connectivity index (χ1) is 24.5. The zero-order valence-electron chi connectivity index (χ0n) is 28.8. The van der Waals surface area contributed by atoms with Crippen LogP contribution in [0.5, 0.6) is 0 Å². The molecule has 4 aliphatic heterocycles. The number of fused-ring (bicyclic) bond motifs is 4. The molecule has 52 heavy (non-hydrogen) atoms. The van der Waals surface area contributed by atoms with Crippen molar-refractivity contribution in [1.29, 1.82) is 0 Å². The summed E-state index contributed by atoms with van der Waals surface area (Å²) >= 11 is 11.4. The van der Waals surface area contributed by atoms with Crippen molar-refractivity contribution in [3.8, 4) is 0 Å². The van der Waals surface area contributed by atoms with Crippen molar-refractivity contribution in [3.05, 3.63) is 58.6 Å². The van der Waals surface area contributed by atoms with Crippen LogP contribution in [-0.4, -0.2) is 82.0 Å².